The van der Waals surface area contributed by atoms with Crippen molar-refractivity contribution < 1.29 is 27.6 Å². The second kappa shape index (κ2) is 10.7. The Morgan fingerprint density at radius 2 is 1.74 bits per heavy atom. The number of anilines is 1. The molecule has 4 rings (SSSR count). The van der Waals surface area contributed by atoms with Crippen LogP contribution in [0.15, 0.2) is 59.8 Å². The second-order valence-electron chi connectivity index (χ2n) is 10.5. The van der Waals surface area contributed by atoms with E-state index in [1.807, 2.05) is 13.0 Å². The van der Waals surface area contributed by atoms with Crippen LogP contribution in [0.25, 0.3) is 0 Å². The quantitative estimate of drug-likeness (QED) is 0.460. The highest BCUT2D eigenvalue weighted by Crippen LogP contribution is 2.44. The van der Waals surface area contributed by atoms with E-state index in [0.717, 1.165) is 29.9 Å². The van der Waals surface area contributed by atoms with E-state index in [2.05, 4.69) is 6.92 Å². The van der Waals surface area contributed by atoms with E-state index in [0.29, 0.717) is 23.6 Å². The average molecular weight is 538 g/mol. The summed E-state index contributed by atoms with van der Waals surface area (Å²) in [4.78, 5) is 44.3. The number of nitriles is 1. The first-order chi connectivity index (χ1) is 18.3. The topological polar surface area (TPSA) is 81.5 Å². The van der Waals surface area contributed by atoms with E-state index in [4.69, 9.17) is 0 Å². The maximum absolute atomic E-state index is 14.2. The van der Waals surface area contributed by atoms with Gasteiger partial charge in [0.2, 0.25) is 11.8 Å². The van der Waals surface area contributed by atoms with Gasteiger partial charge in [0.1, 0.15) is 5.92 Å². The van der Waals surface area contributed by atoms with Gasteiger partial charge in [0.15, 0.2) is 5.78 Å². The van der Waals surface area contributed by atoms with Crippen molar-refractivity contribution >= 4 is 23.3 Å². The van der Waals surface area contributed by atoms with E-state index < -0.39 is 41.2 Å². The first-order valence-corrected chi connectivity index (χ1v) is 12.9. The maximum Gasteiger partial charge on any atom is 0.416 e. The minimum Gasteiger partial charge on any atom is -0.339 e. The molecule has 0 spiro atoms. The molecule has 204 valence electrons. The molecule has 4 atom stereocenters. The molecule has 2 aromatic carbocycles. The van der Waals surface area contributed by atoms with Crippen LogP contribution < -0.4 is 4.90 Å². The van der Waals surface area contributed by atoms with Crippen molar-refractivity contribution in [3.8, 4) is 6.07 Å². The Balaban J connectivity index is 1.93. The van der Waals surface area contributed by atoms with Crippen LogP contribution in [0.2, 0.25) is 0 Å². The zero-order valence-electron chi connectivity index (χ0n) is 22.2. The number of allylic oxidation sites excluding steroid dienone is 2. The van der Waals surface area contributed by atoms with Crippen molar-refractivity contribution in [3.05, 3.63) is 76.5 Å². The molecule has 1 fully saturated rings. The summed E-state index contributed by atoms with van der Waals surface area (Å²) >= 11 is 0. The van der Waals surface area contributed by atoms with Gasteiger partial charge in [-0.1, -0.05) is 25.1 Å². The predicted molar refractivity (Wildman–Crippen MR) is 139 cm³/mol. The summed E-state index contributed by atoms with van der Waals surface area (Å²) in [5.41, 5.74) is 0.215. The standard InChI is InChI=1S/C30H30F3N3O3/c1-17-12-13-35(18(2)14-17)28(38)27-26(22-10-8-21(16-34)9-11-22)25(20(4)37)19(3)36(29(27)39)24-7-5-6-23(15-24)30(31,32)33/h5-11,15,17-18,26-27H,12-14H2,1-4H3. The number of nitrogens with zero attached hydrogens (tertiary/aromatic N) is 3. The van der Waals surface area contributed by atoms with Crippen molar-refractivity contribution in [2.75, 3.05) is 11.4 Å². The Morgan fingerprint density at radius 3 is 2.31 bits per heavy atom. The summed E-state index contributed by atoms with van der Waals surface area (Å²) in [6.45, 7) is 7.28. The van der Waals surface area contributed by atoms with Crippen molar-refractivity contribution in [1.82, 2.24) is 4.90 Å². The van der Waals surface area contributed by atoms with Crippen LogP contribution in [0.3, 0.4) is 0 Å². The van der Waals surface area contributed by atoms with Crippen molar-refractivity contribution in [1.29, 1.82) is 5.26 Å². The fourth-order valence-corrected chi connectivity index (χ4v) is 5.86. The zero-order chi connectivity index (χ0) is 28.6. The van der Waals surface area contributed by atoms with Crippen LogP contribution in [0.4, 0.5) is 18.9 Å². The van der Waals surface area contributed by atoms with E-state index in [1.54, 1.807) is 29.2 Å². The lowest BCUT2D eigenvalue weighted by molar-refractivity contribution is -0.145. The summed E-state index contributed by atoms with van der Waals surface area (Å²) in [6, 6.07) is 12.6. The molecule has 0 N–H and O–H groups in total. The lowest BCUT2D eigenvalue weighted by atomic mass is 9.73. The monoisotopic (exact) mass is 537 g/mol. The molecular weight excluding hydrogens is 507 g/mol. The van der Waals surface area contributed by atoms with Crippen LogP contribution >= 0.6 is 0 Å². The molecule has 6 nitrogen and oxygen atoms in total. The molecule has 2 heterocycles. The number of ketones is 1. The number of likely N-dealkylation sites (tertiary alicyclic amines) is 1. The SMILES string of the molecule is CC(=O)C1=C(C)N(c2cccc(C(F)(F)F)c2)C(=O)C(C(=O)N2CCC(C)CC2C)C1c1ccc(C#N)cc1. The number of alkyl halides is 3. The minimum absolute atomic E-state index is 0.0672. The van der Waals surface area contributed by atoms with Gasteiger partial charge in [-0.05, 0) is 75.4 Å². The van der Waals surface area contributed by atoms with Crippen LogP contribution in [-0.2, 0) is 20.6 Å². The molecule has 9 heteroatoms. The normalized spacial score (nSPS) is 24.0. The number of Topliss-reactive ketones (excluding diaryl/α,β-unsaturated/α-hetero) is 1. The van der Waals surface area contributed by atoms with Crippen LogP contribution in [0, 0.1) is 23.2 Å². The summed E-state index contributed by atoms with van der Waals surface area (Å²) in [5, 5.41) is 9.25. The summed E-state index contributed by atoms with van der Waals surface area (Å²) in [7, 11) is 0. The molecule has 0 aromatic heterocycles. The van der Waals surface area contributed by atoms with Gasteiger partial charge in [-0.15, -0.1) is 0 Å². The highest BCUT2D eigenvalue weighted by atomic mass is 19.4. The Kier molecular flexibility index (Phi) is 7.69. The van der Waals surface area contributed by atoms with E-state index in [1.165, 1.54) is 26.0 Å². The number of halogens is 3. The molecule has 4 unspecified atom stereocenters. The number of carbonyl (C=O) groups excluding carboxylic acids is 3. The smallest absolute Gasteiger partial charge is 0.339 e. The van der Waals surface area contributed by atoms with E-state index in [-0.39, 0.29) is 23.0 Å². The van der Waals surface area contributed by atoms with Crippen LogP contribution in [0.1, 0.15) is 63.1 Å². The van der Waals surface area contributed by atoms with Crippen molar-refractivity contribution in [2.45, 2.75) is 58.7 Å². The third-order valence-electron chi connectivity index (χ3n) is 7.75. The molecule has 39 heavy (non-hydrogen) atoms. The summed E-state index contributed by atoms with van der Waals surface area (Å²) in [6.07, 6.45) is -3.14. The van der Waals surface area contributed by atoms with Crippen molar-refractivity contribution in [3.63, 3.8) is 0 Å². The van der Waals surface area contributed by atoms with Crippen LogP contribution in [-0.4, -0.2) is 35.1 Å². The number of hydrogen-bond donors (Lipinski definition) is 0. The van der Waals surface area contributed by atoms with Gasteiger partial charge in [-0.2, -0.15) is 18.4 Å². The Hall–Kier alpha value is -3.93. The molecule has 0 radical (unpaired) electrons. The first kappa shape index (κ1) is 28.1. The highest BCUT2D eigenvalue weighted by Gasteiger charge is 2.49. The van der Waals surface area contributed by atoms with Gasteiger partial charge < -0.3 is 4.90 Å². The zero-order valence-corrected chi connectivity index (χ0v) is 22.2. The number of hydrogen-bond acceptors (Lipinski definition) is 4. The largest absolute Gasteiger partial charge is 0.416 e. The molecule has 1 saturated heterocycles. The van der Waals surface area contributed by atoms with Gasteiger partial charge in [0.25, 0.3) is 0 Å². The van der Waals surface area contributed by atoms with Crippen molar-refractivity contribution in [2.24, 2.45) is 11.8 Å². The maximum atomic E-state index is 14.2. The molecule has 0 aliphatic carbocycles. The summed E-state index contributed by atoms with van der Waals surface area (Å²) in [5.74, 6) is -3.48. The molecular formula is C30H30F3N3O3. The van der Waals surface area contributed by atoms with Gasteiger partial charge >= 0.3 is 6.18 Å². The summed E-state index contributed by atoms with van der Waals surface area (Å²) < 4.78 is 40.6. The van der Waals surface area contributed by atoms with Crippen LogP contribution in [0.5, 0.6) is 0 Å². The predicted octanol–water partition coefficient (Wildman–Crippen LogP) is 5.83. The first-order valence-electron chi connectivity index (χ1n) is 12.9. The van der Waals surface area contributed by atoms with Gasteiger partial charge in [-0.3, -0.25) is 19.3 Å². The fourth-order valence-electron chi connectivity index (χ4n) is 5.86. The number of amides is 2. The Labute approximate surface area is 225 Å². The number of carbonyl (C=O) groups is 3. The molecule has 2 aliphatic heterocycles. The lowest BCUT2D eigenvalue weighted by Gasteiger charge is -2.44. The van der Waals surface area contributed by atoms with E-state index in [9.17, 15) is 32.8 Å². The Morgan fingerprint density at radius 1 is 1.08 bits per heavy atom. The van der Waals surface area contributed by atoms with Gasteiger partial charge in [0, 0.05) is 35.5 Å². The number of benzene rings is 2. The fraction of sp³-hybridized carbons (Fsp3) is 0.400. The molecule has 2 aromatic rings. The van der Waals surface area contributed by atoms with Gasteiger partial charge in [0.05, 0.1) is 17.2 Å². The third-order valence-corrected chi connectivity index (χ3v) is 7.75. The molecule has 2 aliphatic rings. The van der Waals surface area contributed by atoms with E-state index >= 15 is 0 Å². The molecule has 2 amide bonds. The minimum atomic E-state index is -4.64. The Bertz CT molecular complexity index is 1370. The number of rotatable bonds is 4. The second-order valence-corrected chi connectivity index (χ2v) is 10.5. The lowest BCUT2D eigenvalue weighted by Crippen LogP contribution is -2.55. The average Bonchev–Trinajstić information content (AvgIpc) is 2.87. The highest BCUT2D eigenvalue weighted by molar-refractivity contribution is 6.15. The number of piperidine rings is 1. The molecule has 0 bridgehead atoms. The van der Waals surface area contributed by atoms with Gasteiger partial charge in [-0.25, -0.2) is 0 Å². The molecule has 0 saturated carbocycles. The third kappa shape index (κ3) is 5.33.